The van der Waals surface area contributed by atoms with Crippen LogP contribution >= 0.6 is 0 Å². The van der Waals surface area contributed by atoms with Gasteiger partial charge in [-0.3, -0.25) is 14.8 Å². The van der Waals surface area contributed by atoms with Crippen LogP contribution in [0.2, 0.25) is 0 Å². The first-order chi connectivity index (χ1) is 12.6. The molecule has 3 heterocycles. The van der Waals surface area contributed by atoms with Crippen LogP contribution < -0.4 is 10.3 Å². The highest BCUT2D eigenvalue weighted by molar-refractivity contribution is 5.89. The molecule has 26 heavy (non-hydrogen) atoms. The first kappa shape index (κ1) is 15.9. The number of hydrogen-bond donors (Lipinski definition) is 1. The molecule has 0 aliphatic rings. The average molecular weight is 351 g/mol. The van der Waals surface area contributed by atoms with Crippen LogP contribution in [0.25, 0.3) is 22.3 Å². The summed E-state index contributed by atoms with van der Waals surface area (Å²) in [5.74, 6) is -0.354. The second kappa shape index (κ2) is 6.40. The fourth-order valence-electron chi connectivity index (χ4n) is 2.61. The number of ether oxygens (including phenoxy) is 1. The maximum absolute atomic E-state index is 13.3. The molecule has 0 amide bonds. The van der Waals surface area contributed by atoms with E-state index in [1.165, 1.54) is 18.3 Å². The lowest BCUT2D eigenvalue weighted by atomic mass is 10.2. The van der Waals surface area contributed by atoms with Gasteiger partial charge in [-0.15, -0.1) is 0 Å². The van der Waals surface area contributed by atoms with Crippen LogP contribution in [0.15, 0.2) is 53.8 Å². The van der Waals surface area contributed by atoms with Crippen molar-refractivity contribution in [1.82, 2.24) is 24.5 Å². The minimum Gasteiger partial charge on any atom is -0.460 e. The van der Waals surface area contributed by atoms with E-state index in [9.17, 15) is 9.18 Å². The maximum Gasteiger partial charge on any atom is 0.297 e. The SMILES string of the molecule is Cn1cnc(-c2nccc3c(=O)[nH]c(OCc4cccc(F)c4)nc23)c1. The van der Waals surface area contributed by atoms with E-state index >= 15 is 0 Å². The summed E-state index contributed by atoms with van der Waals surface area (Å²) in [5.41, 5.74) is 1.77. The molecule has 0 radical (unpaired) electrons. The molecule has 0 aliphatic heterocycles. The van der Waals surface area contributed by atoms with Gasteiger partial charge in [0.1, 0.15) is 29.3 Å². The Kier molecular flexibility index (Phi) is 3.92. The van der Waals surface area contributed by atoms with E-state index in [-0.39, 0.29) is 24.0 Å². The number of nitrogens with zero attached hydrogens (tertiary/aromatic N) is 4. The molecule has 0 bridgehead atoms. The monoisotopic (exact) mass is 351 g/mol. The van der Waals surface area contributed by atoms with Crippen LogP contribution in [-0.4, -0.2) is 24.5 Å². The molecular formula is C18H14FN5O2. The van der Waals surface area contributed by atoms with Gasteiger partial charge in [0.25, 0.3) is 11.6 Å². The fourth-order valence-corrected chi connectivity index (χ4v) is 2.61. The zero-order chi connectivity index (χ0) is 18.1. The Morgan fingerprint density at radius 3 is 2.92 bits per heavy atom. The van der Waals surface area contributed by atoms with E-state index in [0.717, 1.165) is 0 Å². The third kappa shape index (κ3) is 3.04. The molecule has 8 heteroatoms. The molecule has 0 unspecified atom stereocenters. The second-order valence-corrected chi connectivity index (χ2v) is 5.77. The summed E-state index contributed by atoms with van der Waals surface area (Å²) in [4.78, 5) is 27.9. The van der Waals surface area contributed by atoms with Gasteiger partial charge < -0.3 is 9.30 Å². The van der Waals surface area contributed by atoms with E-state index in [0.29, 0.717) is 27.9 Å². The number of pyridine rings is 1. The van der Waals surface area contributed by atoms with Crippen molar-refractivity contribution in [3.63, 3.8) is 0 Å². The van der Waals surface area contributed by atoms with Crippen LogP contribution in [0, 0.1) is 5.82 Å². The van der Waals surface area contributed by atoms with E-state index in [1.807, 2.05) is 7.05 Å². The largest absolute Gasteiger partial charge is 0.460 e. The van der Waals surface area contributed by atoms with E-state index < -0.39 is 0 Å². The number of imidazole rings is 1. The van der Waals surface area contributed by atoms with Crippen molar-refractivity contribution in [2.45, 2.75) is 6.61 Å². The van der Waals surface area contributed by atoms with Crippen molar-refractivity contribution in [3.05, 3.63) is 70.8 Å². The fraction of sp³-hybridized carbons (Fsp3) is 0.111. The second-order valence-electron chi connectivity index (χ2n) is 5.77. The molecule has 0 atom stereocenters. The van der Waals surface area contributed by atoms with Crippen LogP contribution in [0.4, 0.5) is 4.39 Å². The molecule has 4 rings (SSSR count). The molecule has 0 saturated heterocycles. The Bertz CT molecular complexity index is 1150. The van der Waals surface area contributed by atoms with Gasteiger partial charge in [0.05, 0.1) is 11.7 Å². The molecule has 1 aromatic carbocycles. The lowest BCUT2D eigenvalue weighted by Crippen LogP contribution is -2.12. The standard InChI is InChI=1S/C18H14FN5O2/c1-24-8-14(21-10-24)16-15-13(5-6-20-16)17(25)23-18(22-15)26-9-11-3-2-4-12(19)7-11/h2-8,10H,9H2,1H3,(H,22,23,25). The maximum atomic E-state index is 13.3. The number of benzene rings is 1. The summed E-state index contributed by atoms with van der Waals surface area (Å²) in [5, 5.41) is 0.388. The van der Waals surface area contributed by atoms with Crippen LogP contribution in [-0.2, 0) is 13.7 Å². The van der Waals surface area contributed by atoms with Crippen molar-refractivity contribution >= 4 is 10.9 Å². The smallest absolute Gasteiger partial charge is 0.297 e. The summed E-state index contributed by atoms with van der Waals surface area (Å²) in [6.45, 7) is 0.0748. The molecule has 0 spiro atoms. The van der Waals surface area contributed by atoms with E-state index in [2.05, 4.69) is 19.9 Å². The topological polar surface area (TPSA) is 85.7 Å². The molecule has 3 aromatic heterocycles. The van der Waals surface area contributed by atoms with E-state index in [1.54, 1.807) is 35.3 Å². The molecule has 0 aliphatic carbocycles. The van der Waals surface area contributed by atoms with Gasteiger partial charge in [-0.05, 0) is 23.8 Å². The number of rotatable bonds is 4. The Balaban J connectivity index is 1.74. The highest BCUT2D eigenvalue weighted by atomic mass is 19.1. The molecule has 1 N–H and O–H groups in total. The first-order valence-electron chi connectivity index (χ1n) is 7.85. The van der Waals surface area contributed by atoms with Gasteiger partial charge in [-0.1, -0.05) is 12.1 Å². The van der Waals surface area contributed by atoms with Gasteiger partial charge in [0, 0.05) is 19.4 Å². The Morgan fingerprint density at radius 1 is 1.27 bits per heavy atom. The minimum atomic E-state index is -0.354. The van der Waals surface area contributed by atoms with Gasteiger partial charge in [0.2, 0.25) is 0 Å². The number of aryl methyl sites for hydroxylation is 1. The Labute approximate surface area is 147 Å². The average Bonchev–Trinajstić information content (AvgIpc) is 3.06. The number of hydrogen-bond acceptors (Lipinski definition) is 5. The van der Waals surface area contributed by atoms with Crippen LogP contribution in [0.3, 0.4) is 0 Å². The van der Waals surface area contributed by atoms with Crippen molar-refractivity contribution in [3.8, 4) is 17.4 Å². The van der Waals surface area contributed by atoms with Gasteiger partial charge in [-0.2, -0.15) is 4.98 Å². The summed E-state index contributed by atoms with van der Waals surface area (Å²) < 4.78 is 20.6. The summed E-state index contributed by atoms with van der Waals surface area (Å²) in [7, 11) is 1.84. The Morgan fingerprint density at radius 2 is 2.15 bits per heavy atom. The van der Waals surface area contributed by atoms with Gasteiger partial charge in [0.15, 0.2) is 0 Å². The van der Waals surface area contributed by atoms with Gasteiger partial charge >= 0.3 is 0 Å². The zero-order valence-electron chi connectivity index (χ0n) is 13.8. The van der Waals surface area contributed by atoms with E-state index in [4.69, 9.17) is 4.74 Å². The summed E-state index contributed by atoms with van der Waals surface area (Å²) in [6, 6.07) is 7.66. The number of aromatic amines is 1. The van der Waals surface area contributed by atoms with Crippen molar-refractivity contribution in [1.29, 1.82) is 0 Å². The van der Waals surface area contributed by atoms with Crippen LogP contribution in [0.5, 0.6) is 6.01 Å². The number of H-pyrrole nitrogens is 1. The number of nitrogens with one attached hydrogen (secondary N) is 1. The quantitative estimate of drug-likeness (QED) is 0.610. The highest BCUT2D eigenvalue weighted by Gasteiger charge is 2.13. The third-order valence-corrected chi connectivity index (χ3v) is 3.81. The minimum absolute atomic E-state index is 0.0388. The molecule has 0 fully saturated rings. The summed E-state index contributed by atoms with van der Waals surface area (Å²) in [6.07, 6.45) is 4.97. The molecular weight excluding hydrogens is 337 g/mol. The van der Waals surface area contributed by atoms with Crippen molar-refractivity contribution in [2.24, 2.45) is 7.05 Å². The van der Waals surface area contributed by atoms with Crippen molar-refractivity contribution in [2.75, 3.05) is 0 Å². The number of fused-ring (bicyclic) bond motifs is 1. The third-order valence-electron chi connectivity index (χ3n) is 3.81. The highest BCUT2D eigenvalue weighted by Crippen LogP contribution is 2.22. The van der Waals surface area contributed by atoms with Gasteiger partial charge in [-0.25, -0.2) is 9.37 Å². The molecule has 7 nitrogen and oxygen atoms in total. The number of aromatic nitrogens is 5. The predicted octanol–water partition coefficient (Wildman–Crippen LogP) is 2.44. The first-order valence-corrected chi connectivity index (χ1v) is 7.85. The molecule has 0 saturated carbocycles. The molecule has 130 valence electrons. The number of halogens is 1. The van der Waals surface area contributed by atoms with Crippen molar-refractivity contribution < 1.29 is 9.13 Å². The predicted molar refractivity (Wildman–Crippen MR) is 93.1 cm³/mol. The lowest BCUT2D eigenvalue weighted by Gasteiger charge is -2.07. The molecule has 4 aromatic rings. The zero-order valence-corrected chi connectivity index (χ0v) is 13.8. The normalized spacial score (nSPS) is 11.0. The summed E-state index contributed by atoms with van der Waals surface area (Å²) >= 11 is 0. The van der Waals surface area contributed by atoms with Crippen LogP contribution in [0.1, 0.15) is 5.56 Å². The Hall–Kier alpha value is -3.55. The lowest BCUT2D eigenvalue weighted by molar-refractivity contribution is 0.280.